The van der Waals surface area contributed by atoms with Crippen molar-refractivity contribution in [3.63, 3.8) is 0 Å². The molecule has 2 aromatic heterocycles. The van der Waals surface area contributed by atoms with Gasteiger partial charge in [-0.05, 0) is 63.6 Å². The van der Waals surface area contributed by atoms with E-state index in [0.29, 0.717) is 11.1 Å². The van der Waals surface area contributed by atoms with Gasteiger partial charge in [-0.2, -0.15) is 0 Å². The van der Waals surface area contributed by atoms with Crippen LogP contribution in [0.15, 0.2) is 180 Å². The van der Waals surface area contributed by atoms with E-state index in [-0.39, 0.29) is 39.4 Å². The molecule has 0 atom stereocenters. The van der Waals surface area contributed by atoms with E-state index in [9.17, 15) is 5.48 Å². The Bertz CT molecular complexity index is 3390. The van der Waals surface area contributed by atoms with Gasteiger partial charge in [0.1, 0.15) is 11.2 Å². The summed E-state index contributed by atoms with van der Waals surface area (Å²) in [6.07, 6.45) is 0. The van der Waals surface area contributed by atoms with Crippen LogP contribution in [0.3, 0.4) is 0 Å². The summed E-state index contributed by atoms with van der Waals surface area (Å²) in [7, 11) is 0. The maximum atomic E-state index is 9.42. The molecule has 230 valence electrons. The Morgan fingerprint density at radius 3 is 1.65 bits per heavy atom. The molecule has 7 aromatic carbocycles. The molecule has 0 bridgehead atoms. The molecule has 0 unspecified atom stereocenters. The lowest BCUT2D eigenvalue weighted by atomic mass is 9.99. The van der Waals surface area contributed by atoms with E-state index in [0.717, 1.165) is 11.1 Å². The molecule has 0 fully saturated rings. The van der Waals surface area contributed by atoms with Crippen LogP contribution in [0.25, 0.3) is 89.5 Å². The SMILES string of the molecule is [2H]c1c([2H])c([2H])c(-c2c([2H])c([2H])c(-c3c([2H])c([2H])c4oc5c([2H])c(-c6nc(-c7ccccc7)nc(-c7cccc(-c8ccccc8)c7)n6)c([2H])c([2H])c5c4c3[2H])c([2H])c2[2H])c([2H])c1[2H]. The van der Waals surface area contributed by atoms with E-state index in [1.807, 2.05) is 60.7 Å². The van der Waals surface area contributed by atoms with E-state index in [4.69, 9.17) is 29.5 Å². The molecule has 0 radical (unpaired) electrons. The van der Waals surface area contributed by atoms with E-state index in [1.165, 1.54) is 0 Å². The molecular weight excluding hydrogens is 599 g/mol. The number of aromatic nitrogens is 3. The molecule has 0 aliphatic heterocycles. The van der Waals surface area contributed by atoms with Crippen LogP contribution in [-0.2, 0) is 0 Å². The number of benzene rings is 7. The van der Waals surface area contributed by atoms with Crippen LogP contribution in [0.4, 0.5) is 0 Å². The molecule has 0 N–H and O–H groups in total. The largest absolute Gasteiger partial charge is 0.456 e. The van der Waals surface area contributed by atoms with Crippen LogP contribution >= 0.6 is 0 Å². The summed E-state index contributed by atoms with van der Waals surface area (Å²) in [4.78, 5) is 14.2. The first-order valence-electron chi connectivity index (χ1n) is 22.6. The highest BCUT2D eigenvalue weighted by atomic mass is 16.3. The predicted octanol–water partition coefficient (Wildman–Crippen LogP) is 11.8. The minimum absolute atomic E-state index is 0.137. The fourth-order valence-electron chi connectivity index (χ4n) is 5.37. The molecule has 0 spiro atoms. The van der Waals surface area contributed by atoms with Crippen molar-refractivity contribution in [2.45, 2.75) is 0 Å². The Balaban J connectivity index is 1.27. The fourth-order valence-corrected chi connectivity index (χ4v) is 5.37. The number of rotatable bonds is 6. The average molecular weight is 643 g/mol. The van der Waals surface area contributed by atoms with Crippen LogP contribution in [0, 0.1) is 0 Å². The molecule has 4 heteroatoms. The Hall–Kier alpha value is -6.65. The normalized spacial score (nSPS) is 15.6. The van der Waals surface area contributed by atoms with Gasteiger partial charge in [0.2, 0.25) is 0 Å². The van der Waals surface area contributed by atoms with E-state index in [1.54, 1.807) is 24.3 Å². The Labute approximate surface area is 305 Å². The molecule has 0 saturated carbocycles. The minimum Gasteiger partial charge on any atom is -0.456 e. The van der Waals surface area contributed by atoms with Crippen LogP contribution in [0.5, 0.6) is 0 Å². The Kier molecular flexibility index (Phi) is 4.21. The summed E-state index contributed by atoms with van der Waals surface area (Å²) in [5.74, 6) is 0.282. The molecule has 2 heterocycles. The van der Waals surface area contributed by atoms with Gasteiger partial charge >= 0.3 is 0 Å². The van der Waals surface area contributed by atoms with E-state index in [2.05, 4.69) is 4.98 Å². The van der Waals surface area contributed by atoms with Crippen molar-refractivity contribution in [2.75, 3.05) is 0 Å². The maximum Gasteiger partial charge on any atom is 0.164 e. The quantitative estimate of drug-likeness (QED) is 0.181. The Morgan fingerprint density at radius 2 is 0.918 bits per heavy atom. The maximum absolute atomic E-state index is 9.42. The summed E-state index contributed by atoms with van der Waals surface area (Å²) in [5, 5.41) is -0.553. The van der Waals surface area contributed by atoms with Gasteiger partial charge in [-0.15, -0.1) is 0 Å². The average Bonchev–Trinajstić information content (AvgIpc) is 3.73. The van der Waals surface area contributed by atoms with Gasteiger partial charge in [0.25, 0.3) is 0 Å². The fraction of sp³-hybridized carbons (Fsp3) is 0. The van der Waals surface area contributed by atoms with Crippen LogP contribution in [-0.4, -0.2) is 15.0 Å². The van der Waals surface area contributed by atoms with Gasteiger partial charge < -0.3 is 4.42 Å². The summed E-state index contributed by atoms with van der Waals surface area (Å²) < 4.78 is 138. The highest BCUT2D eigenvalue weighted by molar-refractivity contribution is 6.07. The smallest absolute Gasteiger partial charge is 0.164 e. The van der Waals surface area contributed by atoms with Crippen molar-refractivity contribution >= 4 is 21.9 Å². The van der Waals surface area contributed by atoms with Gasteiger partial charge in [-0.3, -0.25) is 0 Å². The van der Waals surface area contributed by atoms with Crippen molar-refractivity contribution in [1.82, 2.24) is 15.0 Å². The highest BCUT2D eigenvalue weighted by Crippen LogP contribution is 2.36. The van der Waals surface area contributed by atoms with Gasteiger partial charge in [0, 0.05) is 27.5 Å². The van der Waals surface area contributed by atoms with Crippen molar-refractivity contribution in [3.05, 3.63) is 176 Å². The molecule has 4 nitrogen and oxygen atoms in total. The summed E-state index contributed by atoms with van der Waals surface area (Å²) >= 11 is 0. The molecular formula is C45H29N3O. The first-order chi connectivity index (χ1) is 30.5. The summed E-state index contributed by atoms with van der Waals surface area (Å²) in [6, 6.07) is 15.4. The first kappa shape index (κ1) is 17.0. The zero-order valence-electron chi connectivity index (χ0n) is 40.3. The van der Waals surface area contributed by atoms with Gasteiger partial charge in [0.15, 0.2) is 17.5 Å². The second-order valence-electron chi connectivity index (χ2n) is 10.9. The number of fused-ring (bicyclic) bond motifs is 3. The zero-order valence-corrected chi connectivity index (χ0v) is 25.3. The number of hydrogen-bond acceptors (Lipinski definition) is 4. The van der Waals surface area contributed by atoms with E-state index >= 15 is 0 Å². The van der Waals surface area contributed by atoms with Gasteiger partial charge in [0.05, 0.1) is 20.6 Å². The zero-order chi connectivity index (χ0) is 45.6. The number of nitrogens with zero attached hydrogens (tertiary/aromatic N) is 3. The van der Waals surface area contributed by atoms with Crippen molar-refractivity contribution in [3.8, 4) is 67.5 Å². The molecule has 0 saturated heterocycles. The molecule has 0 amide bonds. The van der Waals surface area contributed by atoms with Gasteiger partial charge in [-0.25, -0.2) is 15.0 Å². The van der Waals surface area contributed by atoms with Crippen molar-refractivity contribution in [1.29, 1.82) is 0 Å². The second-order valence-corrected chi connectivity index (χ2v) is 10.9. The number of furan rings is 1. The van der Waals surface area contributed by atoms with Crippen molar-refractivity contribution in [2.24, 2.45) is 0 Å². The molecule has 9 aromatic rings. The van der Waals surface area contributed by atoms with Crippen LogP contribution in [0.2, 0.25) is 0 Å². The lowest BCUT2D eigenvalue weighted by Gasteiger charge is -2.09. The van der Waals surface area contributed by atoms with E-state index < -0.39 is 118 Å². The third-order valence-electron chi connectivity index (χ3n) is 7.75. The first-order valence-corrected chi connectivity index (χ1v) is 15.1. The van der Waals surface area contributed by atoms with Crippen LogP contribution < -0.4 is 0 Å². The second kappa shape index (κ2) is 12.2. The van der Waals surface area contributed by atoms with Crippen molar-refractivity contribution < 1.29 is 25.0 Å². The predicted molar refractivity (Wildman–Crippen MR) is 200 cm³/mol. The number of hydrogen-bond donors (Lipinski definition) is 0. The minimum atomic E-state index is -0.832. The monoisotopic (exact) mass is 642 g/mol. The molecule has 0 aliphatic rings. The van der Waals surface area contributed by atoms with Crippen LogP contribution in [0.1, 0.15) is 20.6 Å². The molecule has 49 heavy (non-hydrogen) atoms. The highest BCUT2D eigenvalue weighted by Gasteiger charge is 2.16. The molecule has 9 rings (SSSR count). The summed E-state index contributed by atoms with van der Waals surface area (Å²) in [6.45, 7) is 0. The Morgan fingerprint density at radius 1 is 0.367 bits per heavy atom. The lowest BCUT2D eigenvalue weighted by molar-refractivity contribution is 0.669. The third kappa shape index (κ3) is 5.56. The topological polar surface area (TPSA) is 51.8 Å². The third-order valence-corrected chi connectivity index (χ3v) is 7.75. The summed E-state index contributed by atoms with van der Waals surface area (Å²) in [5.41, 5.74) is -0.277. The molecule has 0 aliphatic carbocycles. The standard InChI is InChI=1S/C45H29N3O/c1-4-11-30(12-5-1)32-19-21-33(22-20-32)36-24-26-41-40(28-36)39-25-23-38(29-42(39)49-41)45-47-43(34-15-8-3-9-16-34)46-44(48-45)37-18-10-17-35(27-37)31-13-6-2-7-14-31/h1-29H/i1D,4D,5D,11D,12D,19D,20D,21D,22D,23D,24D,25D,26D,28D,29D. The lowest BCUT2D eigenvalue weighted by Crippen LogP contribution is -2.00. The van der Waals surface area contributed by atoms with Gasteiger partial charge in [-0.1, -0.05) is 145 Å².